The molecule has 0 fully saturated rings. The number of fused-ring (bicyclic) bond motifs is 2. The van der Waals surface area contributed by atoms with Crippen LogP contribution in [0, 0.1) is 0 Å². The van der Waals surface area contributed by atoms with Gasteiger partial charge < -0.3 is 15.7 Å². The molecule has 0 saturated carbocycles. The van der Waals surface area contributed by atoms with Crippen LogP contribution >= 0.6 is 0 Å². The number of primary amides is 1. The molecule has 0 spiro atoms. The van der Waals surface area contributed by atoms with E-state index in [2.05, 4.69) is 25.3 Å². The van der Waals surface area contributed by atoms with Crippen molar-refractivity contribution >= 4 is 39.8 Å². The van der Waals surface area contributed by atoms with Crippen LogP contribution in [0.5, 0.6) is 0 Å². The molecule has 0 unspecified atom stereocenters. The first-order valence-corrected chi connectivity index (χ1v) is 7.16. The minimum Gasteiger partial charge on any atom is -0.363 e. The van der Waals surface area contributed by atoms with E-state index in [1.165, 1.54) is 0 Å². The van der Waals surface area contributed by atoms with Gasteiger partial charge in [0.25, 0.3) is 11.8 Å². The minimum absolute atomic E-state index is 0.0554. The summed E-state index contributed by atoms with van der Waals surface area (Å²) in [6.45, 7) is 0. The summed E-state index contributed by atoms with van der Waals surface area (Å²) in [4.78, 5) is 37.7. The quantitative estimate of drug-likeness (QED) is 0.458. The average molecular weight is 320 g/mol. The lowest BCUT2D eigenvalue weighted by molar-refractivity contribution is 0.0990. The fraction of sp³-hybridized carbons (Fsp3) is 0. The zero-order valence-electron chi connectivity index (χ0n) is 12.3. The van der Waals surface area contributed by atoms with Gasteiger partial charge in [-0.15, -0.1) is 0 Å². The number of imidazole rings is 2. The van der Waals surface area contributed by atoms with Crippen molar-refractivity contribution in [2.24, 2.45) is 5.73 Å². The Balaban J connectivity index is 1.63. The van der Waals surface area contributed by atoms with Crippen LogP contribution in [-0.4, -0.2) is 31.8 Å². The second-order valence-electron chi connectivity index (χ2n) is 5.24. The maximum Gasteiger partial charge on any atom is 0.284 e. The highest BCUT2D eigenvalue weighted by molar-refractivity contribution is 6.06. The van der Waals surface area contributed by atoms with E-state index in [4.69, 9.17) is 5.73 Å². The molecule has 8 nitrogen and oxygen atoms in total. The maximum absolute atomic E-state index is 12.4. The first-order chi connectivity index (χ1) is 11.6. The van der Waals surface area contributed by atoms with Gasteiger partial charge in [0, 0.05) is 5.56 Å². The molecule has 0 aliphatic heterocycles. The predicted octanol–water partition coefficient (Wildman–Crippen LogP) is 1.79. The van der Waals surface area contributed by atoms with E-state index in [9.17, 15) is 9.59 Å². The Morgan fingerprint density at radius 1 is 0.958 bits per heavy atom. The van der Waals surface area contributed by atoms with Crippen LogP contribution in [0.3, 0.4) is 0 Å². The van der Waals surface area contributed by atoms with Gasteiger partial charge in [-0.3, -0.25) is 14.9 Å². The topological polar surface area (TPSA) is 130 Å². The Labute approximate surface area is 135 Å². The molecule has 2 amide bonds. The van der Waals surface area contributed by atoms with Crippen molar-refractivity contribution in [3.8, 4) is 0 Å². The average Bonchev–Trinajstić information content (AvgIpc) is 3.17. The normalized spacial score (nSPS) is 11.0. The molecular weight excluding hydrogens is 308 g/mol. The number of aromatic amines is 2. The Hall–Kier alpha value is -3.68. The SMILES string of the molecule is NC(=O)c1nc2cc(C(=O)Nc3nc4ccccc4[nH]3)ccc2[nH]1. The van der Waals surface area contributed by atoms with Gasteiger partial charge in [0.15, 0.2) is 5.82 Å². The van der Waals surface area contributed by atoms with Crippen molar-refractivity contribution < 1.29 is 9.59 Å². The molecule has 0 bridgehead atoms. The van der Waals surface area contributed by atoms with Gasteiger partial charge in [0.2, 0.25) is 5.95 Å². The van der Waals surface area contributed by atoms with Crippen molar-refractivity contribution in [3.63, 3.8) is 0 Å². The molecule has 5 N–H and O–H groups in total. The lowest BCUT2D eigenvalue weighted by Gasteiger charge is -2.01. The van der Waals surface area contributed by atoms with Gasteiger partial charge in [-0.2, -0.15) is 0 Å². The van der Waals surface area contributed by atoms with Crippen molar-refractivity contribution in [1.82, 2.24) is 19.9 Å². The van der Waals surface area contributed by atoms with E-state index < -0.39 is 5.91 Å². The molecule has 4 aromatic rings. The number of benzene rings is 2. The van der Waals surface area contributed by atoms with E-state index in [0.717, 1.165) is 11.0 Å². The van der Waals surface area contributed by atoms with E-state index in [1.807, 2.05) is 24.3 Å². The third-order valence-corrected chi connectivity index (χ3v) is 3.60. The molecule has 8 heteroatoms. The number of hydrogen-bond acceptors (Lipinski definition) is 4. The highest BCUT2D eigenvalue weighted by Crippen LogP contribution is 2.17. The fourth-order valence-electron chi connectivity index (χ4n) is 2.46. The third kappa shape index (κ3) is 2.35. The van der Waals surface area contributed by atoms with Crippen LogP contribution in [0.1, 0.15) is 21.0 Å². The van der Waals surface area contributed by atoms with Gasteiger partial charge in [-0.25, -0.2) is 9.97 Å². The number of aromatic nitrogens is 4. The molecule has 2 heterocycles. The van der Waals surface area contributed by atoms with E-state index in [1.54, 1.807) is 18.2 Å². The number of rotatable bonds is 3. The van der Waals surface area contributed by atoms with Crippen LogP contribution in [0.2, 0.25) is 0 Å². The van der Waals surface area contributed by atoms with Gasteiger partial charge in [0.1, 0.15) is 0 Å². The highest BCUT2D eigenvalue weighted by Gasteiger charge is 2.13. The van der Waals surface area contributed by atoms with Crippen molar-refractivity contribution in [1.29, 1.82) is 0 Å². The molecule has 2 aromatic heterocycles. The number of nitrogens with two attached hydrogens (primary N) is 1. The summed E-state index contributed by atoms with van der Waals surface area (Å²) in [5, 5.41) is 2.71. The summed E-state index contributed by atoms with van der Waals surface area (Å²) in [7, 11) is 0. The number of amides is 2. The van der Waals surface area contributed by atoms with E-state index in [0.29, 0.717) is 22.5 Å². The Morgan fingerprint density at radius 2 is 1.75 bits per heavy atom. The van der Waals surface area contributed by atoms with Crippen LogP contribution < -0.4 is 11.1 Å². The smallest absolute Gasteiger partial charge is 0.284 e. The first-order valence-electron chi connectivity index (χ1n) is 7.16. The van der Waals surface area contributed by atoms with Crippen LogP contribution in [-0.2, 0) is 0 Å². The lowest BCUT2D eigenvalue weighted by Crippen LogP contribution is -2.13. The van der Waals surface area contributed by atoms with E-state index >= 15 is 0 Å². The van der Waals surface area contributed by atoms with Gasteiger partial charge in [-0.05, 0) is 30.3 Å². The number of hydrogen-bond donors (Lipinski definition) is 4. The molecule has 0 atom stereocenters. The van der Waals surface area contributed by atoms with E-state index in [-0.39, 0.29) is 11.7 Å². The fourth-order valence-corrected chi connectivity index (χ4v) is 2.46. The number of nitrogens with zero attached hydrogens (tertiary/aromatic N) is 2. The molecule has 0 saturated heterocycles. The minimum atomic E-state index is -0.653. The Morgan fingerprint density at radius 3 is 2.54 bits per heavy atom. The zero-order valence-corrected chi connectivity index (χ0v) is 12.3. The maximum atomic E-state index is 12.4. The van der Waals surface area contributed by atoms with Crippen molar-refractivity contribution in [2.45, 2.75) is 0 Å². The van der Waals surface area contributed by atoms with Crippen molar-refractivity contribution in [2.75, 3.05) is 5.32 Å². The van der Waals surface area contributed by atoms with Crippen LogP contribution in [0.25, 0.3) is 22.1 Å². The van der Waals surface area contributed by atoms with Crippen LogP contribution in [0.15, 0.2) is 42.5 Å². The Kier molecular flexibility index (Phi) is 3.02. The summed E-state index contributed by atoms with van der Waals surface area (Å²) in [6, 6.07) is 12.4. The predicted molar refractivity (Wildman–Crippen MR) is 88.7 cm³/mol. The summed E-state index contributed by atoms with van der Waals surface area (Å²) < 4.78 is 0. The number of para-hydroxylation sites is 2. The number of carbonyl (C=O) groups is 2. The molecular formula is C16H12N6O2. The second-order valence-corrected chi connectivity index (χ2v) is 5.24. The lowest BCUT2D eigenvalue weighted by atomic mass is 10.2. The summed E-state index contributed by atoms with van der Waals surface area (Å²) in [6.07, 6.45) is 0. The van der Waals surface area contributed by atoms with Crippen LogP contribution in [0.4, 0.5) is 5.95 Å². The monoisotopic (exact) mass is 320 g/mol. The molecule has 0 aliphatic carbocycles. The largest absolute Gasteiger partial charge is 0.363 e. The number of nitrogens with one attached hydrogen (secondary N) is 3. The number of carbonyl (C=O) groups excluding carboxylic acids is 2. The molecule has 118 valence electrons. The molecule has 4 rings (SSSR count). The molecule has 0 radical (unpaired) electrons. The zero-order chi connectivity index (χ0) is 16.7. The number of anilines is 1. The number of H-pyrrole nitrogens is 2. The second kappa shape index (κ2) is 5.20. The summed E-state index contributed by atoms with van der Waals surface area (Å²) in [5.74, 6) is -0.569. The summed E-state index contributed by atoms with van der Waals surface area (Å²) in [5.41, 5.74) is 8.30. The third-order valence-electron chi connectivity index (χ3n) is 3.60. The van der Waals surface area contributed by atoms with Gasteiger partial charge >= 0.3 is 0 Å². The molecule has 2 aromatic carbocycles. The standard InChI is InChI=1S/C16H12N6O2/c17-13(23)14-18-11-6-5-8(7-12(11)19-14)15(24)22-16-20-9-3-1-2-4-10(9)21-16/h1-7H,(H2,17,23)(H,18,19)(H2,20,21,22,24). The molecule has 0 aliphatic rings. The van der Waals surface area contributed by atoms with Gasteiger partial charge in [0.05, 0.1) is 22.1 Å². The summed E-state index contributed by atoms with van der Waals surface area (Å²) >= 11 is 0. The highest BCUT2D eigenvalue weighted by atomic mass is 16.2. The first kappa shape index (κ1) is 13.9. The molecule has 24 heavy (non-hydrogen) atoms. The van der Waals surface area contributed by atoms with Crippen molar-refractivity contribution in [3.05, 3.63) is 53.9 Å². The Bertz CT molecular complexity index is 1060. The van der Waals surface area contributed by atoms with Gasteiger partial charge in [-0.1, -0.05) is 12.1 Å².